The third-order valence-corrected chi connectivity index (χ3v) is 7.27. The first-order chi connectivity index (χ1) is 15.7. The predicted octanol–water partition coefficient (Wildman–Crippen LogP) is 9.90. The number of unbranched alkanes of at least 4 members (excludes halogenated alkanes) is 18. The summed E-state index contributed by atoms with van der Waals surface area (Å²) in [5, 5.41) is 0. The molecule has 1 aliphatic rings. The Labute approximate surface area is 203 Å². The van der Waals surface area contributed by atoms with E-state index in [4.69, 9.17) is 0 Å². The molecule has 0 N–H and O–H groups in total. The molecule has 1 aliphatic heterocycles. The molecule has 2 heteroatoms. The molecule has 0 radical (unpaired) electrons. The van der Waals surface area contributed by atoms with E-state index in [9.17, 15) is 0 Å². The molecule has 32 heavy (non-hydrogen) atoms. The maximum atomic E-state index is 2.62. The molecule has 0 spiro atoms. The van der Waals surface area contributed by atoms with Crippen LogP contribution >= 0.6 is 0 Å². The van der Waals surface area contributed by atoms with Gasteiger partial charge in [-0.25, -0.2) is 0 Å². The van der Waals surface area contributed by atoms with Crippen molar-refractivity contribution in [3.8, 4) is 0 Å². The van der Waals surface area contributed by atoms with Crippen LogP contribution in [0.25, 0.3) is 0 Å². The van der Waals surface area contributed by atoms with Crippen LogP contribution in [-0.4, -0.2) is 29.1 Å². The Morgan fingerprint density at radius 3 is 1.03 bits per heavy atom. The van der Waals surface area contributed by atoms with Gasteiger partial charge in [-0.15, -0.1) is 0 Å². The van der Waals surface area contributed by atoms with E-state index in [1.54, 1.807) is 0 Å². The van der Waals surface area contributed by atoms with Crippen LogP contribution in [0.5, 0.6) is 0 Å². The van der Waals surface area contributed by atoms with Gasteiger partial charge in [0.2, 0.25) is 0 Å². The van der Waals surface area contributed by atoms with E-state index in [1.807, 2.05) is 0 Å². The van der Waals surface area contributed by atoms with Crippen molar-refractivity contribution in [3.05, 3.63) is 12.4 Å². The molecule has 0 amide bonds. The first-order valence-electron chi connectivity index (χ1n) is 14.9. The average Bonchev–Trinajstić information content (AvgIpc) is 3.19. The lowest BCUT2D eigenvalue weighted by molar-refractivity contribution is 0.104. The van der Waals surface area contributed by atoms with Crippen LogP contribution in [0.4, 0.5) is 0 Å². The molecule has 0 aromatic rings. The lowest BCUT2D eigenvalue weighted by atomic mass is 10.0. The lowest BCUT2D eigenvalue weighted by Crippen LogP contribution is -2.43. The van der Waals surface area contributed by atoms with Gasteiger partial charge >= 0.3 is 0 Å². The molecule has 0 aromatic carbocycles. The van der Waals surface area contributed by atoms with Gasteiger partial charge in [0.05, 0.1) is 0 Å². The average molecular weight is 449 g/mol. The summed E-state index contributed by atoms with van der Waals surface area (Å²) in [6.07, 6.45) is 33.9. The maximum Gasteiger partial charge on any atom is 0.103 e. The van der Waals surface area contributed by atoms with E-state index in [-0.39, 0.29) is 0 Å². The van der Waals surface area contributed by atoms with E-state index < -0.39 is 0 Å². The largest absolute Gasteiger partial charge is 0.356 e. The topological polar surface area (TPSA) is 6.48 Å². The first-order valence-corrected chi connectivity index (χ1v) is 14.9. The standard InChI is InChI=1S/C30H60N2/c1-5-7-9-11-12-13-14-15-16-17-18-19-20-22-24-26-32-28-27-31(30(32)29(3)4)25-23-21-10-8-6-2/h27-30H,5-26H2,1-4H3. The Bertz CT molecular complexity index is 417. The highest BCUT2D eigenvalue weighted by Crippen LogP contribution is 2.24. The Morgan fingerprint density at radius 1 is 0.469 bits per heavy atom. The highest BCUT2D eigenvalue weighted by atomic mass is 15.4. The van der Waals surface area contributed by atoms with Gasteiger partial charge in [0, 0.05) is 25.5 Å². The molecule has 0 saturated heterocycles. The third kappa shape index (κ3) is 14.5. The second kappa shape index (κ2) is 20.9. The summed E-state index contributed by atoms with van der Waals surface area (Å²) < 4.78 is 0. The molecule has 1 atom stereocenters. The van der Waals surface area contributed by atoms with E-state index >= 15 is 0 Å². The molecule has 190 valence electrons. The van der Waals surface area contributed by atoms with E-state index in [2.05, 4.69) is 49.9 Å². The van der Waals surface area contributed by atoms with Crippen molar-refractivity contribution in [2.24, 2.45) is 5.92 Å². The molecule has 1 unspecified atom stereocenters. The fourth-order valence-electron chi connectivity index (χ4n) is 5.28. The van der Waals surface area contributed by atoms with Crippen molar-refractivity contribution in [1.82, 2.24) is 9.80 Å². The minimum atomic E-state index is 0.591. The van der Waals surface area contributed by atoms with Crippen molar-refractivity contribution in [2.45, 2.75) is 162 Å². The Morgan fingerprint density at radius 2 is 0.750 bits per heavy atom. The molecule has 0 bridgehead atoms. The minimum absolute atomic E-state index is 0.591. The summed E-state index contributed by atoms with van der Waals surface area (Å²) in [6.45, 7) is 11.9. The summed E-state index contributed by atoms with van der Waals surface area (Å²) in [6, 6.07) is 0. The minimum Gasteiger partial charge on any atom is -0.356 e. The van der Waals surface area contributed by atoms with Crippen LogP contribution < -0.4 is 0 Å². The maximum absolute atomic E-state index is 2.62. The van der Waals surface area contributed by atoms with Crippen LogP contribution in [0.15, 0.2) is 12.4 Å². The van der Waals surface area contributed by atoms with Crippen molar-refractivity contribution in [3.63, 3.8) is 0 Å². The summed E-state index contributed by atoms with van der Waals surface area (Å²) in [7, 11) is 0. The molecule has 0 fully saturated rings. The quantitative estimate of drug-likeness (QED) is 0.143. The summed E-state index contributed by atoms with van der Waals surface area (Å²) in [5.41, 5.74) is 0. The molecule has 0 saturated carbocycles. The molecular weight excluding hydrogens is 388 g/mol. The Balaban J connectivity index is 1.97. The smallest absolute Gasteiger partial charge is 0.103 e. The van der Waals surface area contributed by atoms with Gasteiger partial charge < -0.3 is 9.80 Å². The second-order valence-corrected chi connectivity index (χ2v) is 10.8. The number of rotatable bonds is 23. The molecular formula is C30H60N2. The molecule has 2 nitrogen and oxygen atoms in total. The predicted molar refractivity (Wildman–Crippen MR) is 145 cm³/mol. The van der Waals surface area contributed by atoms with Gasteiger partial charge in [-0.1, -0.05) is 143 Å². The van der Waals surface area contributed by atoms with Gasteiger partial charge in [0.1, 0.15) is 6.17 Å². The number of hydrogen-bond acceptors (Lipinski definition) is 2. The normalized spacial score (nSPS) is 16.1. The van der Waals surface area contributed by atoms with Crippen molar-refractivity contribution >= 4 is 0 Å². The van der Waals surface area contributed by atoms with Crippen LogP contribution in [0, 0.1) is 5.92 Å². The highest BCUT2D eigenvalue weighted by molar-refractivity contribution is 4.98. The third-order valence-electron chi connectivity index (χ3n) is 7.27. The van der Waals surface area contributed by atoms with Crippen molar-refractivity contribution in [2.75, 3.05) is 13.1 Å². The van der Waals surface area contributed by atoms with E-state index in [1.165, 1.54) is 142 Å². The second-order valence-electron chi connectivity index (χ2n) is 10.8. The van der Waals surface area contributed by atoms with Gasteiger partial charge in [-0.05, 0) is 18.8 Å². The highest BCUT2D eigenvalue weighted by Gasteiger charge is 2.28. The molecule has 0 aliphatic carbocycles. The SMILES string of the molecule is CCCCCCCCCCCCCCCCCN1C=CN(CCCCCCC)C1C(C)C. The molecule has 1 rings (SSSR count). The first kappa shape index (κ1) is 29.4. The number of hydrogen-bond donors (Lipinski definition) is 0. The van der Waals surface area contributed by atoms with Crippen molar-refractivity contribution < 1.29 is 0 Å². The van der Waals surface area contributed by atoms with Crippen LogP contribution in [0.3, 0.4) is 0 Å². The van der Waals surface area contributed by atoms with Crippen LogP contribution in [0.1, 0.15) is 156 Å². The summed E-state index contributed by atoms with van der Waals surface area (Å²) in [5.74, 6) is 0.692. The van der Waals surface area contributed by atoms with E-state index in [0.29, 0.717) is 12.1 Å². The lowest BCUT2D eigenvalue weighted by Gasteiger charge is -2.36. The Kier molecular flexibility index (Phi) is 19.2. The fraction of sp³-hybridized carbons (Fsp3) is 0.933. The zero-order chi connectivity index (χ0) is 23.3. The molecule has 1 heterocycles. The van der Waals surface area contributed by atoms with Gasteiger partial charge in [0.25, 0.3) is 0 Å². The summed E-state index contributed by atoms with van der Waals surface area (Å²) in [4.78, 5) is 5.24. The van der Waals surface area contributed by atoms with Gasteiger partial charge in [-0.2, -0.15) is 0 Å². The summed E-state index contributed by atoms with van der Waals surface area (Å²) >= 11 is 0. The van der Waals surface area contributed by atoms with Gasteiger partial charge in [-0.3, -0.25) is 0 Å². The zero-order valence-corrected chi connectivity index (χ0v) is 22.8. The fourth-order valence-corrected chi connectivity index (χ4v) is 5.28. The molecule has 0 aromatic heterocycles. The van der Waals surface area contributed by atoms with Crippen LogP contribution in [-0.2, 0) is 0 Å². The monoisotopic (exact) mass is 448 g/mol. The van der Waals surface area contributed by atoms with Crippen LogP contribution in [0.2, 0.25) is 0 Å². The van der Waals surface area contributed by atoms with Crippen molar-refractivity contribution in [1.29, 1.82) is 0 Å². The van der Waals surface area contributed by atoms with E-state index in [0.717, 1.165) is 0 Å². The Hall–Kier alpha value is -0.660. The van der Waals surface area contributed by atoms with Gasteiger partial charge in [0.15, 0.2) is 0 Å². The zero-order valence-electron chi connectivity index (χ0n) is 22.8. The number of nitrogens with zero attached hydrogens (tertiary/aromatic N) is 2.